The molecule has 0 amide bonds. The Morgan fingerprint density at radius 2 is 2.19 bits per heavy atom. The van der Waals surface area contributed by atoms with E-state index >= 15 is 0 Å². The van der Waals surface area contributed by atoms with Crippen LogP contribution in [0, 0.1) is 6.92 Å². The largest absolute Gasteiger partial charge is 0.268 e. The third-order valence-electron chi connectivity index (χ3n) is 4.80. The lowest BCUT2D eigenvalue weighted by molar-refractivity contribution is 0.699. The van der Waals surface area contributed by atoms with Gasteiger partial charge in [0.25, 0.3) is 5.56 Å². The average Bonchev–Trinajstić information content (AvgIpc) is 3.00. The summed E-state index contributed by atoms with van der Waals surface area (Å²) < 4.78 is 1.78. The predicted molar refractivity (Wildman–Crippen MR) is 117 cm³/mol. The fraction of sp³-hybridized carbons (Fsp3) is 0.333. The molecule has 0 N–H and O–H groups in total. The average molecular weight is 417 g/mol. The van der Waals surface area contributed by atoms with Gasteiger partial charge in [-0.2, -0.15) is 0 Å². The molecule has 1 aliphatic carbocycles. The highest BCUT2D eigenvalue weighted by Gasteiger charge is 2.22. The maximum atomic E-state index is 13.6. The molecule has 6 heteroatoms. The van der Waals surface area contributed by atoms with Crippen molar-refractivity contribution < 1.29 is 0 Å². The lowest BCUT2D eigenvalue weighted by atomic mass is 9.97. The molecule has 3 nitrogen and oxygen atoms in total. The van der Waals surface area contributed by atoms with Gasteiger partial charge >= 0.3 is 0 Å². The molecule has 3 aromatic rings. The Labute approximate surface area is 172 Å². The molecule has 140 valence electrons. The molecule has 0 saturated carbocycles. The zero-order chi connectivity index (χ0) is 19.0. The molecule has 0 unspecified atom stereocenters. The van der Waals surface area contributed by atoms with Crippen LogP contribution >= 0.6 is 34.7 Å². The number of thiophene rings is 1. The molecular weight excluding hydrogens is 396 g/mol. The molecule has 2 heterocycles. The molecule has 0 saturated heterocycles. The summed E-state index contributed by atoms with van der Waals surface area (Å²) in [6.45, 7) is 3.90. The normalized spacial score (nSPS) is 14.6. The summed E-state index contributed by atoms with van der Waals surface area (Å²) in [5.41, 5.74) is 3.28. The van der Waals surface area contributed by atoms with E-state index in [1.165, 1.54) is 16.9 Å². The van der Waals surface area contributed by atoms with Crippen molar-refractivity contribution in [1.29, 1.82) is 0 Å². The van der Waals surface area contributed by atoms with Crippen LogP contribution in [0.1, 0.15) is 35.8 Å². The molecule has 0 aliphatic heterocycles. The first-order chi connectivity index (χ1) is 13.0. The van der Waals surface area contributed by atoms with Gasteiger partial charge in [-0.05, 0) is 62.8 Å². The molecule has 0 bridgehead atoms. The van der Waals surface area contributed by atoms with E-state index < -0.39 is 0 Å². The van der Waals surface area contributed by atoms with Crippen molar-refractivity contribution in [2.45, 2.75) is 44.7 Å². The summed E-state index contributed by atoms with van der Waals surface area (Å²) in [5, 5.41) is 2.30. The fourth-order valence-electron chi connectivity index (χ4n) is 3.51. The van der Waals surface area contributed by atoms with Crippen LogP contribution in [-0.2, 0) is 12.8 Å². The van der Waals surface area contributed by atoms with Crippen molar-refractivity contribution >= 4 is 44.9 Å². The van der Waals surface area contributed by atoms with Crippen molar-refractivity contribution in [2.75, 3.05) is 5.75 Å². The molecule has 27 heavy (non-hydrogen) atoms. The number of thioether (sulfide) groups is 1. The van der Waals surface area contributed by atoms with Crippen LogP contribution in [0.3, 0.4) is 0 Å². The van der Waals surface area contributed by atoms with Crippen LogP contribution in [0.2, 0.25) is 0 Å². The minimum Gasteiger partial charge on any atom is -0.268 e. The van der Waals surface area contributed by atoms with Crippen molar-refractivity contribution in [3.05, 3.63) is 61.7 Å². The molecule has 1 aromatic carbocycles. The summed E-state index contributed by atoms with van der Waals surface area (Å²) >= 11 is 9.22. The predicted octanol–water partition coefficient (Wildman–Crippen LogP) is 5.87. The quantitative estimate of drug-likeness (QED) is 0.394. The number of hydrogen-bond donors (Lipinski definition) is 0. The number of rotatable bonds is 4. The Kier molecular flexibility index (Phi) is 5.44. The first-order valence-electron chi connectivity index (χ1n) is 9.14. The van der Waals surface area contributed by atoms with Gasteiger partial charge in [-0.3, -0.25) is 9.36 Å². The SMILES string of the molecule is C/C(Cl)=C\CSc1nc2sc3c(c2c(=O)n1-c1cccc(C)c1)CCCC3. The standard InChI is InChI=1S/C21H21ClN2OS2/c1-13-6-5-7-15(12-13)24-20(25)18-16-8-3-4-9-17(16)27-19(18)23-21(24)26-11-10-14(2)22/h5-7,10,12H,3-4,8-9,11H2,1-2H3/b14-10+. The molecule has 0 spiro atoms. The summed E-state index contributed by atoms with van der Waals surface area (Å²) in [6.07, 6.45) is 6.35. The Hall–Kier alpha value is -1.56. The van der Waals surface area contributed by atoms with Gasteiger partial charge in [-0.1, -0.05) is 41.6 Å². The molecular formula is C21H21ClN2OS2. The Bertz CT molecular complexity index is 1090. The van der Waals surface area contributed by atoms with Crippen molar-refractivity contribution in [3.8, 4) is 5.69 Å². The number of hydrogen-bond acceptors (Lipinski definition) is 4. The number of fused-ring (bicyclic) bond motifs is 3. The minimum absolute atomic E-state index is 0.0547. The van der Waals surface area contributed by atoms with Crippen molar-refractivity contribution in [3.63, 3.8) is 0 Å². The topological polar surface area (TPSA) is 34.9 Å². The van der Waals surface area contributed by atoms with E-state index in [2.05, 4.69) is 0 Å². The first-order valence-corrected chi connectivity index (χ1v) is 11.3. The van der Waals surface area contributed by atoms with E-state index in [0.717, 1.165) is 50.9 Å². The van der Waals surface area contributed by atoms with Crippen LogP contribution < -0.4 is 5.56 Å². The Balaban J connectivity index is 1.94. The third-order valence-corrected chi connectivity index (χ3v) is 7.00. The van der Waals surface area contributed by atoms with Crippen LogP contribution in [0.15, 0.2) is 45.3 Å². The number of aryl methyl sites for hydroxylation is 3. The van der Waals surface area contributed by atoms with E-state index in [0.29, 0.717) is 5.75 Å². The minimum atomic E-state index is 0.0547. The van der Waals surface area contributed by atoms with Crippen LogP contribution in [0.25, 0.3) is 15.9 Å². The highest BCUT2D eigenvalue weighted by molar-refractivity contribution is 7.99. The zero-order valence-electron chi connectivity index (χ0n) is 15.4. The smallest absolute Gasteiger partial charge is 0.267 e. The maximum absolute atomic E-state index is 13.6. The molecule has 4 rings (SSSR count). The second-order valence-electron chi connectivity index (χ2n) is 6.87. The lowest BCUT2D eigenvalue weighted by Gasteiger charge is -2.13. The van der Waals surface area contributed by atoms with Gasteiger partial charge in [0.15, 0.2) is 5.16 Å². The highest BCUT2D eigenvalue weighted by Crippen LogP contribution is 2.35. The molecule has 0 radical (unpaired) electrons. The molecule has 2 aromatic heterocycles. The van der Waals surface area contributed by atoms with Crippen molar-refractivity contribution in [1.82, 2.24) is 9.55 Å². The summed E-state index contributed by atoms with van der Waals surface area (Å²) in [5.74, 6) is 0.685. The van der Waals surface area contributed by atoms with Gasteiger partial charge in [0.1, 0.15) is 4.83 Å². The summed E-state index contributed by atoms with van der Waals surface area (Å²) in [7, 11) is 0. The second-order valence-corrected chi connectivity index (χ2v) is 9.53. The number of benzene rings is 1. The van der Waals surface area contributed by atoms with Crippen molar-refractivity contribution in [2.24, 2.45) is 0 Å². The third kappa shape index (κ3) is 3.73. The van der Waals surface area contributed by atoms with E-state index in [9.17, 15) is 4.79 Å². The lowest BCUT2D eigenvalue weighted by Crippen LogP contribution is -2.22. The maximum Gasteiger partial charge on any atom is 0.267 e. The Morgan fingerprint density at radius 3 is 2.96 bits per heavy atom. The second kappa shape index (κ2) is 7.82. The van der Waals surface area contributed by atoms with Gasteiger partial charge in [-0.15, -0.1) is 11.3 Å². The number of nitrogens with zero attached hydrogens (tertiary/aromatic N) is 2. The van der Waals surface area contributed by atoms with Gasteiger partial charge in [-0.25, -0.2) is 4.98 Å². The van der Waals surface area contributed by atoms with E-state index in [4.69, 9.17) is 16.6 Å². The van der Waals surface area contributed by atoms with Crippen LogP contribution in [0.5, 0.6) is 0 Å². The van der Waals surface area contributed by atoms with Crippen LogP contribution in [0.4, 0.5) is 0 Å². The highest BCUT2D eigenvalue weighted by atomic mass is 35.5. The van der Waals surface area contributed by atoms with E-state index in [1.54, 1.807) is 27.7 Å². The number of halogens is 1. The monoisotopic (exact) mass is 416 g/mol. The Morgan fingerprint density at radius 1 is 1.37 bits per heavy atom. The van der Waals surface area contributed by atoms with Gasteiger partial charge in [0, 0.05) is 15.7 Å². The number of aromatic nitrogens is 2. The molecule has 0 atom stereocenters. The number of allylic oxidation sites excluding steroid dienone is 1. The van der Waals surface area contributed by atoms with Gasteiger partial charge < -0.3 is 0 Å². The molecule has 1 aliphatic rings. The first kappa shape index (κ1) is 18.8. The van der Waals surface area contributed by atoms with Gasteiger partial charge in [0.05, 0.1) is 11.1 Å². The summed E-state index contributed by atoms with van der Waals surface area (Å²) in [4.78, 5) is 20.7. The zero-order valence-corrected chi connectivity index (χ0v) is 17.8. The fourth-order valence-corrected chi connectivity index (χ4v) is 5.94. The summed E-state index contributed by atoms with van der Waals surface area (Å²) in [6, 6.07) is 8.05. The van der Waals surface area contributed by atoms with E-state index in [1.807, 2.05) is 44.2 Å². The van der Waals surface area contributed by atoms with Crippen LogP contribution in [-0.4, -0.2) is 15.3 Å². The van der Waals surface area contributed by atoms with Gasteiger partial charge in [0.2, 0.25) is 0 Å². The molecule has 0 fully saturated rings. The van der Waals surface area contributed by atoms with E-state index in [-0.39, 0.29) is 5.56 Å².